The number of hydrogen-bond acceptors (Lipinski definition) is 1. The van der Waals surface area contributed by atoms with Gasteiger partial charge >= 0.3 is 0 Å². The van der Waals surface area contributed by atoms with E-state index in [-0.39, 0.29) is 0 Å². The number of nitrogens with one attached hydrogen (secondary N) is 1. The summed E-state index contributed by atoms with van der Waals surface area (Å²) in [5, 5.41) is 0. The quantitative estimate of drug-likeness (QED) is 0.689. The van der Waals surface area contributed by atoms with Crippen molar-refractivity contribution in [2.24, 2.45) is 0 Å². The van der Waals surface area contributed by atoms with E-state index in [4.69, 9.17) is 0 Å². The molecule has 1 aromatic heterocycles. The van der Waals surface area contributed by atoms with Crippen molar-refractivity contribution >= 4 is 5.57 Å². The van der Waals surface area contributed by atoms with Crippen LogP contribution in [0.5, 0.6) is 0 Å². The van der Waals surface area contributed by atoms with Gasteiger partial charge in [0.15, 0.2) is 0 Å². The first kappa shape index (κ1) is 8.05. The molecule has 0 aliphatic carbocycles. The lowest BCUT2D eigenvalue weighted by Crippen LogP contribution is -1.84. The molecule has 1 rings (SSSR count). The Hall–Kier alpha value is -1.05. The molecule has 1 heterocycles. The van der Waals surface area contributed by atoms with Gasteiger partial charge in [-0.1, -0.05) is 13.5 Å². The SMILES string of the molecule is C=C(CC)c1[nH]c(C)nc1C. The number of imidazole rings is 1. The summed E-state index contributed by atoms with van der Waals surface area (Å²) in [5.74, 6) is 0.965. The summed E-state index contributed by atoms with van der Waals surface area (Å²) in [6.45, 7) is 10.00. The molecule has 0 atom stereocenters. The number of allylic oxidation sites excluding steroid dienone is 1. The molecule has 0 fully saturated rings. The Labute approximate surface area is 67.4 Å². The molecule has 1 aromatic rings. The minimum Gasteiger partial charge on any atom is -0.342 e. The fraction of sp³-hybridized carbons (Fsp3) is 0.444. The maximum atomic E-state index is 4.26. The van der Waals surface area contributed by atoms with Crippen molar-refractivity contribution in [3.63, 3.8) is 0 Å². The van der Waals surface area contributed by atoms with Crippen LogP contribution in [-0.4, -0.2) is 9.97 Å². The number of nitrogens with zero attached hydrogens (tertiary/aromatic N) is 1. The van der Waals surface area contributed by atoms with Crippen LogP contribution in [0.3, 0.4) is 0 Å². The highest BCUT2D eigenvalue weighted by atomic mass is 14.9. The van der Waals surface area contributed by atoms with E-state index in [0.717, 1.165) is 29.2 Å². The summed E-state index contributed by atoms with van der Waals surface area (Å²) in [6, 6.07) is 0. The first-order valence-corrected chi connectivity index (χ1v) is 3.86. The van der Waals surface area contributed by atoms with Crippen LogP contribution in [0.1, 0.15) is 30.6 Å². The number of hydrogen-bond donors (Lipinski definition) is 1. The predicted molar refractivity (Wildman–Crippen MR) is 47.4 cm³/mol. The summed E-state index contributed by atoms with van der Waals surface area (Å²) in [6.07, 6.45) is 0.975. The molecule has 2 nitrogen and oxygen atoms in total. The van der Waals surface area contributed by atoms with E-state index in [1.165, 1.54) is 0 Å². The average Bonchev–Trinajstić information content (AvgIpc) is 2.28. The Bertz CT molecular complexity index is 271. The molecule has 0 saturated carbocycles. The van der Waals surface area contributed by atoms with Gasteiger partial charge in [-0.15, -0.1) is 0 Å². The third-order valence-electron chi connectivity index (χ3n) is 1.78. The molecule has 0 saturated heterocycles. The van der Waals surface area contributed by atoms with E-state index in [1.54, 1.807) is 0 Å². The minimum absolute atomic E-state index is 0.965. The van der Waals surface area contributed by atoms with Gasteiger partial charge in [-0.25, -0.2) is 4.98 Å². The third kappa shape index (κ3) is 1.50. The van der Waals surface area contributed by atoms with E-state index in [1.807, 2.05) is 13.8 Å². The molecule has 0 aromatic carbocycles. The summed E-state index contributed by atoms with van der Waals surface area (Å²) < 4.78 is 0. The molecule has 0 aliphatic rings. The Morgan fingerprint density at radius 1 is 1.55 bits per heavy atom. The van der Waals surface area contributed by atoms with Crippen LogP contribution < -0.4 is 0 Å². The van der Waals surface area contributed by atoms with E-state index in [9.17, 15) is 0 Å². The van der Waals surface area contributed by atoms with Crippen molar-refractivity contribution in [3.05, 3.63) is 23.8 Å². The summed E-state index contributed by atoms with van der Waals surface area (Å²) in [4.78, 5) is 7.45. The van der Waals surface area contributed by atoms with E-state index in [2.05, 4.69) is 23.5 Å². The largest absolute Gasteiger partial charge is 0.342 e. The van der Waals surface area contributed by atoms with Gasteiger partial charge in [0.2, 0.25) is 0 Å². The first-order valence-electron chi connectivity index (χ1n) is 3.86. The number of aryl methyl sites for hydroxylation is 2. The maximum Gasteiger partial charge on any atom is 0.103 e. The molecule has 0 aliphatic heterocycles. The van der Waals surface area contributed by atoms with Gasteiger partial charge < -0.3 is 4.98 Å². The summed E-state index contributed by atoms with van der Waals surface area (Å²) in [7, 11) is 0. The second kappa shape index (κ2) is 2.91. The predicted octanol–water partition coefficient (Wildman–Crippen LogP) is 2.45. The topological polar surface area (TPSA) is 28.7 Å². The molecule has 0 unspecified atom stereocenters. The van der Waals surface area contributed by atoms with Gasteiger partial charge in [-0.05, 0) is 25.8 Å². The van der Waals surface area contributed by atoms with Crippen LogP contribution in [0.2, 0.25) is 0 Å². The van der Waals surface area contributed by atoms with Crippen molar-refractivity contribution in [2.45, 2.75) is 27.2 Å². The highest BCUT2D eigenvalue weighted by Crippen LogP contribution is 2.16. The van der Waals surface area contributed by atoms with Gasteiger partial charge in [0.05, 0.1) is 11.4 Å². The lowest BCUT2D eigenvalue weighted by molar-refractivity contribution is 1.12. The smallest absolute Gasteiger partial charge is 0.103 e. The molecule has 1 N–H and O–H groups in total. The molecule has 60 valence electrons. The molecule has 2 heteroatoms. The van der Waals surface area contributed by atoms with Crippen molar-refractivity contribution in [1.29, 1.82) is 0 Å². The van der Waals surface area contributed by atoms with Crippen LogP contribution >= 0.6 is 0 Å². The Morgan fingerprint density at radius 2 is 2.18 bits per heavy atom. The highest BCUT2D eigenvalue weighted by molar-refractivity contribution is 5.61. The fourth-order valence-corrected chi connectivity index (χ4v) is 1.13. The zero-order valence-corrected chi connectivity index (χ0v) is 7.36. The zero-order chi connectivity index (χ0) is 8.43. The molecule has 0 amide bonds. The number of rotatable bonds is 2. The van der Waals surface area contributed by atoms with Crippen molar-refractivity contribution in [1.82, 2.24) is 9.97 Å². The Kier molecular flexibility index (Phi) is 2.13. The molecule has 0 bridgehead atoms. The van der Waals surface area contributed by atoms with Crippen LogP contribution in [-0.2, 0) is 0 Å². The molecule has 0 spiro atoms. The van der Waals surface area contributed by atoms with E-state index >= 15 is 0 Å². The number of aromatic nitrogens is 2. The second-order valence-corrected chi connectivity index (χ2v) is 2.74. The van der Waals surface area contributed by atoms with Crippen LogP contribution in [0.15, 0.2) is 6.58 Å². The molecule has 0 radical (unpaired) electrons. The van der Waals surface area contributed by atoms with Gasteiger partial charge in [-0.3, -0.25) is 0 Å². The highest BCUT2D eigenvalue weighted by Gasteiger charge is 2.04. The first-order chi connectivity index (χ1) is 5.15. The van der Waals surface area contributed by atoms with Crippen molar-refractivity contribution < 1.29 is 0 Å². The maximum absolute atomic E-state index is 4.26. The Morgan fingerprint density at radius 3 is 2.55 bits per heavy atom. The van der Waals surface area contributed by atoms with E-state index in [0.29, 0.717) is 0 Å². The molecule has 11 heavy (non-hydrogen) atoms. The van der Waals surface area contributed by atoms with Crippen LogP contribution in [0, 0.1) is 13.8 Å². The lowest BCUT2D eigenvalue weighted by atomic mass is 10.1. The number of aromatic amines is 1. The fourth-order valence-electron chi connectivity index (χ4n) is 1.13. The summed E-state index contributed by atoms with van der Waals surface area (Å²) >= 11 is 0. The summed E-state index contributed by atoms with van der Waals surface area (Å²) in [5.41, 5.74) is 3.28. The standard InChI is InChI=1S/C9H14N2/c1-5-6(2)9-7(3)10-8(4)11-9/h2,5H2,1,3-4H3,(H,10,11). The zero-order valence-electron chi connectivity index (χ0n) is 7.36. The second-order valence-electron chi connectivity index (χ2n) is 2.74. The third-order valence-corrected chi connectivity index (χ3v) is 1.78. The van der Waals surface area contributed by atoms with Gasteiger partial charge in [0, 0.05) is 0 Å². The average molecular weight is 150 g/mol. The lowest BCUT2D eigenvalue weighted by Gasteiger charge is -1.98. The van der Waals surface area contributed by atoms with Gasteiger partial charge in [0.25, 0.3) is 0 Å². The molecular formula is C9H14N2. The van der Waals surface area contributed by atoms with Crippen LogP contribution in [0.4, 0.5) is 0 Å². The monoisotopic (exact) mass is 150 g/mol. The molecular weight excluding hydrogens is 136 g/mol. The van der Waals surface area contributed by atoms with E-state index < -0.39 is 0 Å². The Balaban J connectivity index is 3.03. The van der Waals surface area contributed by atoms with Crippen LogP contribution in [0.25, 0.3) is 5.57 Å². The van der Waals surface area contributed by atoms with Gasteiger partial charge in [-0.2, -0.15) is 0 Å². The minimum atomic E-state index is 0.965. The number of H-pyrrole nitrogens is 1. The van der Waals surface area contributed by atoms with Gasteiger partial charge in [0.1, 0.15) is 5.82 Å². The van der Waals surface area contributed by atoms with Crippen molar-refractivity contribution in [3.8, 4) is 0 Å². The normalized spacial score (nSPS) is 10.1. The van der Waals surface area contributed by atoms with Crippen molar-refractivity contribution in [2.75, 3.05) is 0 Å².